The fourth-order valence-electron chi connectivity index (χ4n) is 2.60. The smallest absolute Gasteiger partial charge is 0.251 e. The molecule has 3 rings (SSSR count). The van der Waals surface area contributed by atoms with Gasteiger partial charge in [-0.3, -0.25) is 9.69 Å². The van der Waals surface area contributed by atoms with Gasteiger partial charge in [-0.15, -0.1) is 0 Å². The van der Waals surface area contributed by atoms with E-state index < -0.39 is 0 Å². The molecule has 1 unspecified atom stereocenters. The average molecular weight is 289 g/mol. The van der Waals surface area contributed by atoms with Crippen LogP contribution in [0.3, 0.4) is 0 Å². The Morgan fingerprint density at radius 3 is 3.10 bits per heavy atom. The molecule has 0 bridgehead atoms. The SMILES string of the molecule is Cc1nc(C2COCCN2Cc2nccn2C)cc(=O)[nH]1. The van der Waals surface area contributed by atoms with Gasteiger partial charge in [-0.2, -0.15) is 0 Å². The van der Waals surface area contributed by atoms with Crippen molar-refractivity contribution in [3.8, 4) is 0 Å². The van der Waals surface area contributed by atoms with Crippen LogP contribution >= 0.6 is 0 Å². The summed E-state index contributed by atoms with van der Waals surface area (Å²) in [7, 11) is 1.98. The molecule has 1 saturated heterocycles. The predicted octanol–water partition coefficient (Wildman–Crippen LogP) is 0.385. The molecule has 0 spiro atoms. The lowest BCUT2D eigenvalue weighted by Crippen LogP contribution is -2.40. The Morgan fingerprint density at radius 2 is 2.38 bits per heavy atom. The summed E-state index contributed by atoms with van der Waals surface area (Å²) >= 11 is 0. The molecular weight excluding hydrogens is 270 g/mol. The van der Waals surface area contributed by atoms with Crippen LogP contribution in [-0.2, 0) is 18.3 Å². The Bertz CT molecular complexity index is 678. The summed E-state index contributed by atoms with van der Waals surface area (Å²) in [6.45, 7) is 4.52. The molecule has 2 aromatic heterocycles. The minimum Gasteiger partial charge on any atom is -0.378 e. The highest BCUT2D eigenvalue weighted by Crippen LogP contribution is 2.23. The van der Waals surface area contributed by atoms with Gasteiger partial charge in [-0.25, -0.2) is 9.97 Å². The van der Waals surface area contributed by atoms with E-state index in [1.54, 1.807) is 19.2 Å². The normalized spacial score (nSPS) is 19.8. The van der Waals surface area contributed by atoms with Crippen molar-refractivity contribution in [2.24, 2.45) is 7.05 Å². The van der Waals surface area contributed by atoms with Crippen LogP contribution in [0.15, 0.2) is 23.3 Å². The van der Waals surface area contributed by atoms with E-state index >= 15 is 0 Å². The Hall–Kier alpha value is -1.99. The number of hydrogen-bond donors (Lipinski definition) is 1. The molecule has 3 heterocycles. The molecule has 0 saturated carbocycles. The van der Waals surface area contributed by atoms with Crippen LogP contribution in [0.25, 0.3) is 0 Å². The lowest BCUT2D eigenvalue weighted by Gasteiger charge is -2.34. The van der Waals surface area contributed by atoms with Gasteiger partial charge in [0.1, 0.15) is 11.6 Å². The van der Waals surface area contributed by atoms with Crippen LogP contribution in [0.5, 0.6) is 0 Å². The first-order valence-electron chi connectivity index (χ1n) is 6.99. The number of nitrogens with zero attached hydrogens (tertiary/aromatic N) is 4. The Morgan fingerprint density at radius 1 is 1.52 bits per heavy atom. The van der Waals surface area contributed by atoms with Crippen LogP contribution in [-0.4, -0.2) is 44.2 Å². The van der Waals surface area contributed by atoms with Gasteiger partial charge < -0.3 is 14.3 Å². The quantitative estimate of drug-likeness (QED) is 0.884. The number of imidazole rings is 1. The zero-order valence-corrected chi connectivity index (χ0v) is 12.2. The summed E-state index contributed by atoms with van der Waals surface area (Å²) in [5.74, 6) is 1.61. The van der Waals surface area contributed by atoms with E-state index in [9.17, 15) is 4.79 Å². The minimum atomic E-state index is -0.125. The number of H-pyrrole nitrogens is 1. The van der Waals surface area contributed by atoms with Crippen molar-refractivity contribution in [2.75, 3.05) is 19.8 Å². The first-order chi connectivity index (χ1) is 10.1. The predicted molar refractivity (Wildman–Crippen MR) is 76.8 cm³/mol. The molecule has 112 valence electrons. The maximum Gasteiger partial charge on any atom is 0.251 e. The second kappa shape index (κ2) is 5.79. The van der Waals surface area contributed by atoms with E-state index in [0.717, 1.165) is 18.1 Å². The van der Waals surface area contributed by atoms with Gasteiger partial charge >= 0.3 is 0 Å². The summed E-state index contributed by atoms with van der Waals surface area (Å²) in [6.07, 6.45) is 3.72. The zero-order valence-electron chi connectivity index (χ0n) is 12.2. The highest BCUT2D eigenvalue weighted by molar-refractivity contribution is 5.09. The third-order valence-electron chi connectivity index (χ3n) is 3.73. The van der Waals surface area contributed by atoms with Crippen LogP contribution < -0.4 is 5.56 Å². The molecule has 1 aliphatic rings. The monoisotopic (exact) mass is 289 g/mol. The van der Waals surface area contributed by atoms with Gasteiger partial charge in [0, 0.05) is 32.1 Å². The first kappa shape index (κ1) is 14.0. The van der Waals surface area contributed by atoms with E-state index in [2.05, 4.69) is 19.9 Å². The van der Waals surface area contributed by atoms with Crippen molar-refractivity contribution >= 4 is 0 Å². The maximum atomic E-state index is 11.7. The first-order valence-corrected chi connectivity index (χ1v) is 6.99. The lowest BCUT2D eigenvalue weighted by atomic mass is 10.1. The van der Waals surface area contributed by atoms with Crippen molar-refractivity contribution in [2.45, 2.75) is 19.5 Å². The fraction of sp³-hybridized carbons (Fsp3) is 0.500. The molecule has 7 heteroatoms. The van der Waals surface area contributed by atoms with Crippen LogP contribution in [0.4, 0.5) is 0 Å². The molecule has 0 radical (unpaired) electrons. The maximum absolute atomic E-state index is 11.7. The van der Waals surface area contributed by atoms with Crippen molar-refractivity contribution in [3.63, 3.8) is 0 Å². The second-order valence-corrected chi connectivity index (χ2v) is 5.27. The molecule has 1 aliphatic heterocycles. The van der Waals surface area contributed by atoms with Gasteiger partial charge in [0.15, 0.2) is 0 Å². The molecule has 7 nitrogen and oxygen atoms in total. The summed E-state index contributed by atoms with van der Waals surface area (Å²) in [5, 5.41) is 0. The molecule has 1 atom stereocenters. The molecule has 0 aromatic carbocycles. The molecule has 21 heavy (non-hydrogen) atoms. The van der Waals surface area contributed by atoms with Gasteiger partial charge in [0.25, 0.3) is 5.56 Å². The van der Waals surface area contributed by atoms with Crippen molar-refractivity contribution in [1.29, 1.82) is 0 Å². The summed E-state index contributed by atoms with van der Waals surface area (Å²) in [6, 6.07) is 1.54. The Balaban J connectivity index is 1.87. The molecule has 2 aromatic rings. The van der Waals surface area contributed by atoms with Crippen LogP contribution in [0.1, 0.15) is 23.4 Å². The topological polar surface area (TPSA) is 76.0 Å². The average Bonchev–Trinajstić information content (AvgIpc) is 2.84. The molecule has 1 fully saturated rings. The van der Waals surface area contributed by atoms with Gasteiger partial charge in [0.2, 0.25) is 0 Å². The number of hydrogen-bond acceptors (Lipinski definition) is 5. The largest absolute Gasteiger partial charge is 0.378 e. The standard InChI is InChI=1S/C14H19N5O2/c1-10-16-11(7-14(20)17-10)12-9-21-6-5-19(12)8-13-15-3-4-18(13)2/h3-4,7,12H,5-6,8-9H2,1-2H3,(H,16,17,20). The van der Waals surface area contributed by atoms with E-state index in [-0.39, 0.29) is 11.6 Å². The van der Waals surface area contributed by atoms with E-state index in [0.29, 0.717) is 25.6 Å². The number of aromatic nitrogens is 4. The highest BCUT2D eigenvalue weighted by Gasteiger charge is 2.27. The van der Waals surface area contributed by atoms with Crippen LogP contribution in [0, 0.1) is 6.92 Å². The van der Waals surface area contributed by atoms with E-state index in [4.69, 9.17) is 4.74 Å². The number of rotatable bonds is 3. The molecular formula is C14H19N5O2. The summed E-state index contributed by atoms with van der Waals surface area (Å²) < 4.78 is 7.58. The third kappa shape index (κ3) is 3.03. The number of aromatic amines is 1. The third-order valence-corrected chi connectivity index (χ3v) is 3.73. The van der Waals surface area contributed by atoms with E-state index in [1.807, 2.05) is 17.8 Å². The van der Waals surface area contributed by atoms with E-state index in [1.165, 1.54) is 0 Å². The number of nitrogens with one attached hydrogen (secondary N) is 1. The number of morpholine rings is 1. The van der Waals surface area contributed by atoms with Crippen molar-refractivity contribution in [1.82, 2.24) is 24.4 Å². The van der Waals surface area contributed by atoms with Crippen LogP contribution in [0.2, 0.25) is 0 Å². The Labute approximate surface area is 122 Å². The zero-order chi connectivity index (χ0) is 14.8. The van der Waals surface area contributed by atoms with Gasteiger partial charge in [-0.1, -0.05) is 0 Å². The molecule has 1 N–H and O–H groups in total. The highest BCUT2D eigenvalue weighted by atomic mass is 16.5. The van der Waals surface area contributed by atoms with Crippen molar-refractivity contribution in [3.05, 3.63) is 46.2 Å². The summed E-state index contributed by atoms with van der Waals surface area (Å²) in [5.41, 5.74) is 0.630. The van der Waals surface area contributed by atoms with Gasteiger partial charge in [0.05, 0.1) is 31.5 Å². The van der Waals surface area contributed by atoms with Crippen molar-refractivity contribution < 1.29 is 4.74 Å². The molecule has 0 aliphatic carbocycles. The minimum absolute atomic E-state index is 0.0172. The summed E-state index contributed by atoms with van der Waals surface area (Å²) in [4.78, 5) is 25.4. The van der Waals surface area contributed by atoms with Gasteiger partial charge in [-0.05, 0) is 6.92 Å². The number of aryl methyl sites for hydroxylation is 2. The fourth-order valence-corrected chi connectivity index (χ4v) is 2.60. The number of ether oxygens (including phenoxy) is 1. The Kier molecular flexibility index (Phi) is 3.85. The molecule has 0 amide bonds. The lowest BCUT2D eigenvalue weighted by molar-refractivity contribution is -0.0158. The second-order valence-electron chi connectivity index (χ2n) is 5.27.